The average Bonchev–Trinajstić information content (AvgIpc) is 3.15. The van der Waals surface area contributed by atoms with Crippen molar-refractivity contribution in [3.05, 3.63) is 36.2 Å². The maximum absolute atomic E-state index is 12.4. The lowest BCUT2D eigenvalue weighted by molar-refractivity contribution is -0.135. The Labute approximate surface area is 135 Å². The summed E-state index contributed by atoms with van der Waals surface area (Å²) in [6, 6.07) is 8.17. The van der Waals surface area contributed by atoms with Crippen LogP contribution in [0, 0.1) is 5.92 Å². The van der Waals surface area contributed by atoms with Crippen molar-refractivity contribution >= 4 is 16.9 Å². The number of carbonyl (C=O) groups excluding carboxylic acids is 1. The zero-order valence-electron chi connectivity index (χ0n) is 13.0. The van der Waals surface area contributed by atoms with E-state index in [0.29, 0.717) is 5.92 Å². The van der Waals surface area contributed by atoms with Crippen LogP contribution in [0.25, 0.3) is 11.0 Å². The van der Waals surface area contributed by atoms with E-state index in [4.69, 9.17) is 4.98 Å². The Balaban J connectivity index is 1.43. The predicted molar refractivity (Wildman–Crippen MR) is 87.6 cm³/mol. The highest BCUT2D eigenvalue weighted by atomic mass is 16.2. The fourth-order valence-corrected chi connectivity index (χ4v) is 3.49. The highest BCUT2D eigenvalue weighted by molar-refractivity contribution is 5.79. The molecule has 0 unspecified atom stereocenters. The van der Waals surface area contributed by atoms with Gasteiger partial charge in [-0.1, -0.05) is 0 Å². The van der Waals surface area contributed by atoms with Gasteiger partial charge in [-0.2, -0.15) is 0 Å². The van der Waals surface area contributed by atoms with E-state index in [1.54, 1.807) is 6.20 Å². The molecule has 2 saturated heterocycles. The minimum atomic E-state index is 0.0783. The number of pyridine rings is 2. The maximum atomic E-state index is 12.4. The number of nitrogens with zero attached hydrogens (tertiary/aromatic N) is 3. The van der Waals surface area contributed by atoms with E-state index in [1.165, 1.54) is 0 Å². The number of nitrogens with one attached hydrogen (secondary N) is 2. The van der Waals surface area contributed by atoms with E-state index in [-0.39, 0.29) is 11.8 Å². The molecule has 2 fully saturated rings. The van der Waals surface area contributed by atoms with E-state index in [0.717, 1.165) is 55.7 Å². The smallest absolute Gasteiger partial charge is 0.228 e. The van der Waals surface area contributed by atoms with Gasteiger partial charge in [-0.3, -0.25) is 15.6 Å². The molecule has 0 saturated carbocycles. The molecular formula is C17H21N5O. The van der Waals surface area contributed by atoms with Gasteiger partial charge in [-0.25, -0.2) is 9.97 Å². The van der Waals surface area contributed by atoms with Crippen LogP contribution < -0.4 is 10.9 Å². The number of aromatic nitrogens is 2. The van der Waals surface area contributed by atoms with Crippen LogP contribution in [0.15, 0.2) is 30.5 Å². The van der Waals surface area contributed by atoms with Gasteiger partial charge in [-0.15, -0.1) is 0 Å². The van der Waals surface area contributed by atoms with E-state index in [1.807, 2.05) is 17.0 Å². The topological polar surface area (TPSA) is 70.2 Å². The minimum Gasteiger partial charge on any atom is -0.342 e. The summed E-state index contributed by atoms with van der Waals surface area (Å²) in [6.07, 6.45) is 3.74. The number of hydrogen-bond donors (Lipinski definition) is 2. The van der Waals surface area contributed by atoms with Crippen LogP contribution in [0.3, 0.4) is 0 Å². The highest BCUT2D eigenvalue weighted by Crippen LogP contribution is 2.28. The quantitative estimate of drug-likeness (QED) is 0.868. The van der Waals surface area contributed by atoms with Gasteiger partial charge in [0.2, 0.25) is 5.91 Å². The third kappa shape index (κ3) is 2.92. The van der Waals surface area contributed by atoms with Gasteiger partial charge in [0.25, 0.3) is 0 Å². The standard InChI is InChI=1S/C17H21N5O/c23-17(14-10-19-20-11-14)22-8-5-12(6-9-22)15-4-3-13-2-1-7-18-16(13)21-15/h1-4,7,12,14,19-20H,5-6,8-11H2. The summed E-state index contributed by atoms with van der Waals surface area (Å²) in [4.78, 5) is 23.5. The highest BCUT2D eigenvalue weighted by Gasteiger charge is 2.30. The van der Waals surface area contributed by atoms with Crippen molar-refractivity contribution in [2.75, 3.05) is 26.2 Å². The SMILES string of the molecule is O=C(C1CNNC1)N1CCC(c2ccc3cccnc3n2)CC1. The summed E-state index contributed by atoms with van der Waals surface area (Å²) < 4.78 is 0. The Bertz CT molecular complexity index is 705. The lowest BCUT2D eigenvalue weighted by Crippen LogP contribution is -2.42. The minimum absolute atomic E-state index is 0.0783. The molecule has 23 heavy (non-hydrogen) atoms. The summed E-state index contributed by atoms with van der Waals surface area (Å²) in [5.41, 5.74) is 7.97. The number of rotatable bonds is 2. The zero-order valence-corrected chi connectivity index (χ0v) is 13.0. The summed E-state index contributed by atoms with van der Waals surface area (Å²) in [7, 11) is 0. The lowest BCUT2D eigenvalue weighted by Gasteiger charge is -2.33. The molecule has 0 spiro atoms. The molecule has 2 aromatic rings. The average molecular weight is 311 g/mol. The van der Waals surface area contributed by atoms with E-state index in [2.05, 4.69) is 28.0 Å². The first-order valence-corrected chi connectivity index (χ1v) is 8.27. The Morgan fingerprint density at radius 2 is 1.91 bits per heavy atom. The van der Waals surface area contributed by atoms with Gasteiger partial charge in [-0.05, 0) is 37.1 Å². The fraction of sp³-hybridized carbons (Fsp3) is 0.471. The predicted octanol–water partition coefficient (Wildman–Crippen LogP) is 1.06. The number of piperidine rings is 1. The van der Waals surface area contributed by atoms with Gasteiger partial charge in [0.15, 0.2) is 5.65 Å². The maximum Gasteiger partial charge on any atom is 0.228 e. The van der Waals surface area contributed by atoms with E-state index >= 15 is 0 Å². The number of fused-ring (bicyclic) bond motifs is 1. The second-order valence-corrected chi connectivity index (χ2v) is 6.34. The van der Waals surface area contributed by atoms with Crippen LogP contribution in [0.1, 0.15) is 24.5 Å². The third-order valence-electron chi connectivity index (χ3n) is 4.88. The Morgan fingerprint density at radius 3 is 2.70 bits per heavy atom. The number of hydrazine groups is 1. The van der Waals surface area contributed by atoms with Crippen molar-refractivity contribution in [2.24, 2.45) is 5.92 Å². The zero-order chi connectivity index (χ0) is 15.6. The monoisotopic (exact) mass is 311 g/mol. The largest absolute Gasteiger partial charge is 0.342 e. The first-order valence-electron chi connectivity index (χ1n) is 8.27. The molecule has 2 aliphatic rings. The summed E-state index contributed by atoms with van der Waals surface area (Å²) in [5.74, 6) is 0.772. The second-order valence-electron chi connectivity index (χ2n) is 6.34. The normalized spacial score (nSPS) is 20.3. The fourth-order valence-electron chi connectivity index (χ4n) is 3.49. The molecule has 0 aromatic carbocycles. The lowest BCUT2D eigenvalue weighted by atomic mass is 9.92. The molecule has 6 nitrogen and oxygen atoms in total. The Hall–Kier alpha value is -2.05. The molecular weight excluding hydrogens is 290 g/mol. The van der Waals surface area contributed by atoms with Gasteiger partial charge in [0.1, 0.15) is 0 Å². The molecule has 2 aromatic heterocycles. The summed E-state index contributed by atoms with van der Waals surface area (Å²) in [5, 5.41) is 1.07. The molecule has 120 valence electrons. The molecule has 0 atom stereocenters. The van der Waals surface area contributed by atoms with Gasteiger partial charge in [0, 0.05) is 49.4 Å². The summed E-state index contributed by atoms with van der Waals surface area (Å²) >= 11 is 0. The molecule has 2 N–H and O–H groups in total. The van der Waals surface area contributed by atoms with Crippen LogP contribution in [-0.4, -0.2) is 47.0 Å². The molecule has 0 bridgehead atoms. The van der Waals surface area contributed by atoms with Crippen molar-refractivity contribution < 1.29 is 4.79 Å². The number of likely N-dealkylation sites (tertiary alicyclic amines) is 1. The second kappa shape index (κ2) is 6.22. The molecule has 4 heterocycles. The van der Waals surface area contributed by atoms with Gasteiger partial charge >= 0.3 is 0 Å². The van der Waals surface area contributed by atoms with Crippen molar-refractivity contribution in [3.8, 4) is 0 Å². The first-order chi connectivity index (χ1) is 11.3. The molecule has 0 aliphatic carbocycles. The molecule has 2 aliphatic heterocycles. The molecule has 1 amide bonds. The Kier molecular flexibility index (Phi) is 3.93. The third-order valence-corrected chi connectivity index (χ3v) is 4.88. The van der Waals surface area contributed by atoms with Gasteiger partial charge in [0.05, 0.1) is 5.92 Å². The first kappa shape index (κ1) is 14.5. The molecule has 4 rings (SSSR count). The van der Waals surface area contributed by atoms with E-state index < -0.39 is 0 Å². The Morgan fingerprint density at radius 1 is 1.13 bits per heavy atom. The van der Waals surface area contributed by atoms with E-state index in [9.17, 15) is 4.79 Å². The molecule has 6 heteroatoms. The van der Waals surface area contributed by atoms with Crippen LogP contribution in [0.5, 0.6) is 0 Å². The van der Waals surface area contributed by atoms with Crippen molar-refractivity contribution in [1.82, 2.24) is 25.7 Å². The summed E-state index contributed by atoms with van der Waals surface area (Å²) in [6.45, 7) is 3.11. The number of amides is 1. The van der Waals surface area contributed by atoms with Crippen LogP contribution >= 0.6 is 0 Å². The van der Waals surface area contributed by atoms with Crippen molar-refractivity contribution in [3.63, 3.8) is 0 Å². The van der Waals surface area contributed by atoms with Crippen molar-refractivity contribution in [1.29, 1.82) is 0 Å². The van der Waals surface area contributed by atoms with Crippen molar-refractivity contribution in [2.45, 2.75) is 18.8 Å². The number of hydrogen-bond acceptors (Lipinski definition) is 5. The van der Waals surface area contributed by atoms with Crippen LogP contribution in [-0.2, 0) is 4.79 Å². The van der Waals surface area contributed by atoms with Crippen LogP contribution in [0.4, 0.5) is 0 Å². The van der Waals surface area contributed by atoms with Crippen LogP contribution in [0.2, 0.25) is 0 Å². The molecule has 0 radical (unpaired) electrons. The number of carbonyl (C=O) groups is 1. The van der Waals surface area contributed by atoms with Gasteiger partial charge < -0.3 is 4.90 Å².